The molecule has 1 aromatic rings. The third kappa shape index (κ3) is 5.76. The lowest BCUT2D eigenvalue weighted by Gasteiger charge is -2.29. The highest BCUT2D eigenvalue weighted by molar-refractivity contribution is 5.84. The number of rotatable bonds is 9. The Balaban J connectivity index is 2.45. The van der Waals surface area contributed by atoms with E-state index in [-0.39, 0.29) is 11.9 Å². The van der Waals surface area contributed by atoms with Gasteiger partial charge in [0.2, 0.25) is 5.91 Å². The fourth-order valence-electron chi connectivity index (χ4n) is 2.37. The van der Waals surface area contributed by atoms with Gasteiger partial charge in [0.15, 0.2) is 0 Å². The van der Waals surface area contributed by atoms with Crippen LogP contribution in [0.15, 0.2) is 24.3 Å². The molecule has 4 heteroatoms. The second-order valence-corrected chi connectivity index (χ2v) is 5.95. The second kappa shape index (κ2) is 8.03. The van der Waals surface area contributed by atoms with Crippen LogP contribution in [0.2, 0.25) is 0 Å². The molecule has 1 atom stereocenters. The van der Waals surface area contributed by atoms with Gasteiger partial charge in [-0.3, -0.25) is 4.79 Å². The predicted octanol–water partition coefficient (Wildman–Crippen LogP) is 2.65. The van der Waals surface area contributed by atoms with Crippen LogP contribution in [0.3, 0.4) is 0 Å². The van der Waals surface area contributed by atoms with Crippen molar-refractivity contribution in [2.45, 2.75) is 58.5 Å². The molecule has 1 unspecified atom stereocenters. The van der Waals surface area contributed by atoms with E-state index >= 15 is 0 Å². The first-order valence-electron chi connectivity index (χ1n) is 7.66. The van der Waals surface area contributed by atoms with E-state index in [1.54, 1.807) is 0 Å². The standard InChI is InChI=1S/C17H28N2O2/c1-5-14-8-6-9-15(12-14)21-11-7-10-17(4,16(18)20)19-13(2)3/h6,8-9,12-13,19H,5,7,10-11H2,1-4H3,(H2,18,20). The van der Waals surface area contributed by atoms with Gasteiger partial charge in [0.05, 0.1) is 12.1 Å². The lowest BCUT2D eigenvalue weighted by molar-refractivity contribution is -0.124. The van der Waals surface area contributed by atoms with Gasteiger partial charge >= 0.3 is 0 Å². The zero-order valence-electron chi connectivity index (χ0n) is 13.6. The van der Waals surface area contributed by atoms with Crippen molar-refractivity contribution in [3.05, 3.63) is 29.8 Å². The molecule has 0 aliphatic heterocycles. The fraction of sp³-hybridized carbons (Fsp3) is 0.588. The van der Waals surface area contributed by atoms with Gasteiger partial charge < -0.3 is 15.8 Å². The Morgan fingerprint density at radius 3 is 2.71 bits per heavy atom. The number of amides is 1. The maximum Gasteiger partial charge on any atom is 0.237 e. The lowest BCUT2D eigenvalue weighted by Crippen LogP contribution is -2.55. The molecule has 0 fully saturated rings. The Hall–Kier alpha value is -1.55. The maximum atomic E-state index is 11.6. The van der Waals surface area contributed by atoms with Crippen molar-refractivity contribution in [2.75, 3.05) is 6.61 Å². The number of primary amides is 1. The second-order valence-electron chi connectivity index (χ2n) is 5.95. The monoisotopic (exact) mass is 292 g/mol. The maximum absolute atomic E-state index is 11.6. The number of nitrogens with two attached hydrogens (primary N) is 1. The van der Waals surface area contributed by atoms with E-state index in [1.165, 1.54) is 5.56 Å². The molecule has 1 aromatic carbocycles. The zero-order valence-corrected chi connectivity index (χ0v) is 13.6. The molecule has 0 aromatic heterocycles. The zero-order chi connectivity index (χ0) is 15.9. The Bertz CT molecular complexity index is 460. The van der Waals surface area contributed by atoms with Crippen molar-refractivity contribution in [1.29, 1.82) is 0 Å². The smallest absolute Gasteiger partial charge is 0.237 e. The topological polar surface area (TPSA) is 64.3 Å². The number of hydrogen-bond acceptors (Lipinski definition) is 3. The molecule has 4 nitrogen and oxygen atoms in total. The molecular formula is C17H28N2O2. The van der Waals surface area contributed by atoms with Gasteiger partial charge in [0.25, 0.3) is 0 Å². The highest BCUT2D eigenvalue weighted by Crippen LogP contribution is 2.16. The largest absolute Gasteiger partial charge is 0.494 e. The highest BCUT2D eigenvalue weighted by Gasteiger charge is 2.30. The molecule has 0 saturated carbocycles. The minimum absolute atomic E-state index is 0.213. The van der Waals surface area contributed by atoms with Crippen LogP contribution in [0.4, 0.5) is 0 Å². The first-order chi connectivity index (χ1) is 9.87. The van der Waals surface area contributed by atoms with Gasteiger partial charge in [-0.15, -0.1) is 0 Å². The molecule has 0 bridgehead atoms. The summed E-state index contributed by atoms with van der Waals surface area (Å²) in [4.78, 5) is 11.6. The third-order valence-corrected chi connectivity index (χ3v) is 3.55. The summed E-state index contributed by atoms with van der Waals surface area (Å²) in [5, 5.41) is 3.24. The number of aryl methyl sites for hydroxylation is 1. The van der Waals surface area contributed by atoms with Crippen molar-refractivity contribution >= 4 is 5.91 Å². The van der Waals surface area contributed by atoms with Gasteiger partial charge in [-0.1, -0.05) is 19.1 Å². The van der Waals surface area contributed by atoms with Gasteiger partial charge in [-0.25, -0.2) is 0 Å². The van der Waals surface area contributed by atoms with Crippen LogP contribution in [0.5, 0.6) is 5.75 Å². The van der Waals surface area contributed by atoms with Crippen LogP contribution in [-0.2, 0) is 11.2 Å². The summed E-state index contributed by atoms with van der Waals surface area (Å²) < 4.78 is 5.75. The lowest BCUT2D eigenvalue weighted by atomic mass is 9.94. The van der Waals surface area contributed by atoms with E-state index in [0.717, 1.165) is 18.6 Å². The average molecular weight is 292 g/mol. The van der Waals surface area contributed by atoms with E-state index in [2.05, 4.69) is 24.4 Å². The molecule has 3 N–H and O–H groups in total. The van der Waals surface area contributed by atoms with Gasteiger partial charge in [-0.05, 0) is 57.7 Å². The summed E-state index contributed by atoms with van der Waals surface area (Å²) in [6, 6.07) is 8.31. The summed E-state index contributed by atoms with van der Waals surface area (Å²) in [5.74, 6) is 0.566. The van der Waals surface area contributed by atoms with E-state index in [9.17, 15) is 4.79 Å². The highest BCUT2D eigenvalue weighted by atomic mass is 16.5. The normalized spacial score (nSPS) is 14.0. The first kappa shape index (κ1) is 17.5. The molecule has 0 aliphatic rings. The number of nitrogens with one attached hydrogen (secondary N) is 1. The number of carbonyl (C=O) groups excluding carboxylic acids is 1. The number of ether oxygens (including phenoxy) is 1. The Morgan fingerprint density at radius 1 is 1.43 bits per heavy atom. The van der Waals surface area contributed by atoms with Crippen molar-refractivity contribution < 1.29 is 9.53 Å². The Kier molecular flexibility index (Phi) is 6.69. The van der Waals surface area contributed by atoms with Crippen molar-refractivity contribution in [1.82, 2.24) is 5.32 Å². The first-order valence-corrected chi connectivity index (χ1v) is 7.66. The summed E-state index contributed by atoms with van der Waals surface area (Å²) in [6.07, 6.45) is 2.43. The number of hydrogen-bond donors (Lipinski definition) is 2. The molecule has 1 amide bonds. The van der Waals surface area contributed by atoms with E-state index in [4.69, 9.17) is 10.5 Å². The molecule has 21 heavy (non-hydrogen) atoms. The molecule has 0 radical (unpaired) electrons. The summed E-state index contributed by atoms with van der Waals surface area (Å²) >= 11 is 0. The van der Waals surface area contributed by atoms with E-state index < -0.39 is 5.54 Å². The van der Waals surface area contributed by atoms with Crippen molar-refractivity contribution in [2.24, 2.45) is 5.73 Å². The molecule has 118 valence electrons. The summed E-state index contributed by atoms with van der Waals surface area (Å²) in [6.45, 7) is 8.57. The van der Waals surface area contributed by atoms with Crippen LogP contribution in [0, 0.1) is 0 Å². The Morgan fingerprint density at radius 2 is 2.14 bits per heavy atom. The van der Waals surface area contributed by atoms with Crippen LogP contribution < -0.4 is 15.8 Å². The fourth-order valence-corrected chi connectivity index (χ4v) is 2.37. The van der Waals surface area contributed by atoms with Crippen LogP contribution in [0.25, 0.3) is 0 Å². The third-order valence-electron chi connectivity index (χ3n) is 3.55. The average Bonchev–Trinajstić information content (AvgIpc) is 2.43. The van der Waals surface area contributed by atoms with Gasteiger partial charge in [0.1, 0.15) is 5.75 Å². The minimum atomic E-state index is -0.678. The molecular weight excluding hydrogens is 264 g/mol. The molecule has 0 spiro atoms. The molecule has 0 saturated heterocycles. The van der Waals surface area contributed by atoms with Crippen LogP contribution in [0.1, 0.15) is 46.1 Å². The summed E-state index contributed by atoms with van der Waals surface area (Å²) in [7, 11) is 0. The van der Waals surface area contributed by atoms with Crippen LogP contribution >= 0.6 is 0 Å². The molecule has 0 aliphatic carbocycles. The predicted molar refractivity (Wildman–Crippen MR) is 86.4 cm³/mol. The number of benzene rings is 1. The Labute approximate surface area is 128 Å². The molecule has 0 heterocycles. The van der Waals surface area contributed by atoms with Crippen LogP contribution in [-0.4, -0.2) is 24.1 Å². The van der Waals surface area contributed by atoms with Crippen molar-refractivity contribution in [3.63, 3.8) is 0 Å². The summed E-state index contributed by atoms with van der Waals surface area (Å²) in [5.41, 5.74) is 6.09. The quantitative estimate of drug-likeness (QED) is 0.688. The molecule has 1 rings (SSSR count). The van der Waals surface area contributed by atoms with Gasteiger partial charge in [0, 0.05) is 6.04 Å². The minimum Gasteiger partial charge on any atom is -0.494 e. The van der Waals surface area contributed by atoms with Gasteiger partial charge in [-0.2, -0.15) is 0 Å². The number of carbonyl (C=O) groups is 1. The van der Waals surface area contributed by atoms with Crippen molar-refractivity contribution in [3.8, 4) is 5.75 Å². The SMILES string of the molecule is CCc1cccc(OCCCC(C)(NC(C)C)C(N)=O)c1. The van der Waals surface area contributed by atoms with E-state index in [1.807, 2.05) is 32.9 Å². The van der Waals surface area contributed by atoms with E-state index in [0.29, 0.717) is 13.0 Å².